The Bertz CT molecular complexity index is 1540. The summed E-state index contributed by atoms with van der Waals surface area (Å²) in [4.78, 5) is 42.4. The summed E-state index contributed by atoms with van der Waals surface area (Å²) in [6.07, 6.45) is -5.44. The highest BCUT2D eigenvalue weighted by Gasteiger charge is 2.73. The monoisotopic (exact) mass is 529 g/mol. The largest absolute Gasteiger partial charge is 0.411 e. The quantitative estimate of drug-likeness (QED) is 0.479. The number of anilines is 1. The average molecular weight is 530 g/mol. The topological polar surface area (TPSA) is 75.2 Å². The molecular formula is C27H23ClF3N3O3. The number of aromatic amines is 1. The van der Waals surface area contributed by atoms with Gasteiger partial charge in [0.15, 0.2) is 5.78 Å². The summed E-state index contributed by atoms with van der Waals surface area (Å²) in [5, 5.41) is 2.78. The Morgan fingerprint density at radius 3 is 2.19 bits per heavy atom. The smallest absolute Gasteiger partial charge is 0.295 e. The third-order valence-electron chi connectivity index (χ3n) is 7.00. The zero-order chi connectivity index (χ0) is 26.9. The van der Waals surface area contributed by atoms with Crippen molar-refractivity contribution in [3.63, 3.8) is 0 Å². The number of hydrogen-bond donors (Lipinski definition) is 1. The van der Waals surface area contributed by atoms with Crippen molar-refractivity contribution < 1.29 is 22.8 Å². The van der Waals surface area contributed by atoms with Crippen molar-refractivity contribution >= 4 is 29.0 Å². The summed E-state index contributed by atoms with van der Waals surface area (Å²) in [7, 11) is 0. The average Bonchev–Trinajstić information content (AvgIpc) is 3.23. The Morgan fingerprint density at radius 1 is 0.946 bits per heavy atom. The molecule has 1 aliphatic carbocycles. The number of alkyl halides is 3. The Morgan fingerprint density at radius 2 is 1.57 bits per heavy atom. The van der Waals surface area contributed by atoms with E-state index in [1.807, 2.05) is 0 Å². The predicted octanol–water partition coefficient (Wildman–Crippen LogP) is 5.62. The number of rotatable bonds is 3. The first-order valence-electron chi connectivity index (χ1n) is 11.6. The molecule has 1 aliphatic heterocycles. The van der Waals surface area contributed by atoms with E-state index in [1.54, 1.807) is 44.2 Å². The molecule has 2 aliphatic rings. The van der Waals surface area contributed by atoms with Crippen LogP contribution >= 0.6 is 11.6 Å². The van der Waals surface area contributed by atoms with Gasteiger partial charge in [0.1, 0.15) is 0 Å². The summed E-state index contributed by atoms with van der Waals surface area (Å²) < 4.78 is 47.1. The number of aromatic nitrogens is 2. The molecule has 3 aromatic rings. The van der Waals surface area contributed by atoms with E-state index in [9.17, 15) is 14.4 Å². The van der Waals surface area contributed by atoms with E-state index in [0.29, 0.717) is 0 Å². The normalized spacial score (nSPS) is 21.5. The highest BCUT2D eigenvalue weighted by molar-refractivity contribution is 6.32. The van der Waals surface area contributed by atoms with Crippen molar-refractivity contribution in [2.45, 2.75) is 45.2 Å². The van der Waals surface area contributed by atoms with Crippen LogP contribution in [0.1, 0.15) is 37.9 Å². The molecule has 0 spiro atoms. The third kappa shape index (κ3) is 3.51. The van der Waals surface area contributed by atoms with Gasteiger partial charge in [-0.2, -0.15) is 13.2 Å². The number of carbonyl (C=O) groups excluding carboxylic acids is 2. The fourth-order valence-electron chi connectivity index (χ4n) is 5.58. The highest BCUT2D eigenvalue weighted by atomic mass is 35.5. The zero-order valence-corrected chi connectivity index (χ0v) is 21.0. The number of aryl methyl sites for hydroxylation is 1. The molecule has 1 atom stereocenters. The number of nitrogens with zero attached hydrogens (tertiary/aromatic N) is 2. The van der Waals surface area contributed by atoms with Gasteiger partial charge in [0.25, 0.3) is 11.5 Å². The lowest BCUT2D eigenvalue weighted by molar-refractivity contribution is -0.184. The third-order valence-corrected chi connectivity index (χ3v) is 7.32. The summed E-state index contributed by atoms with van der Waals surface area (Å²) >= 11 is 6.23. The SMILES string of the molecule is Cc1[nH]n(-c2ccccc2Cl)c(=O)c1C1(C(F)(F)F)C(=O)N(c2ccccc2)C2=C1C(=O)CC(C)(C)C2. The lowest BCUT2D eigenvalue weighted by Gasteiger charge is -2.35. The molecule has 2 aromatic carbocycles. The van der Waals surface area contributed by atoms with Crippen molar-refractivity contribution in [1.29, 1.82) is 0 Å². The number of allylic oxidation sites excluding steroid dienone is 1. The van der Waals surface area contributed by atoms with Crippen molar-refractivity contribution in [3.05, 3.63) is 92.5 Å². The van der Waals surface area contributed by atoms with Crippen LogP contribution < -0.4 is 10.5 Å². The van der Waals surface area contributed by atoms with Crippen LogP contribution in [0.2, 0.25) is 5.02 Å². The van der Waals surface area contributed by atoms with E-state index in [-0.39, 0.29) is 40.6 Å². The van der Waals surface area contributed by atoms with Gasteiger partial charge in [0.2, 0.25) is 5.41 Å². The van der Waals surface area contributed by atoms with E-state index in [4.69, 9.17) is 11.6 Å². The van der Waals surface area contributed by atoms with Crippen LogP contribution in [0.15, 0.2) is 70.7 Å². The van der Waals surface area contributed by atoms with Crippen molar-refractivity contribution in [2.75, 3.05) is 4.90 Å². The first-order chi connectivity index (χ1) is 17.3. The van der Waals surface area contributed by atoms with Crippen LogP contribution in [0.5, 0.6) is 0 Å². The predicted molar refractivity (Wildman–Crippen MR) is 133 cm³/mol. The van der Waals surface area contributed by atoms with Gasteiger partial charge in [-0.3, -0.25) is 24.4 Å². The minimum atomic E-state index is -5.30. The van der Waals surface area contributed by atoms with E-state index in [0.717, 1.165) is 9.58 Å². The molecular weight excluding hydrogens is 507 g/mol. The van der Waals surface area contributed by atoms with Crippen molar-refractivity contribution in [3.8, 4) is 5.69 Å². The molecule has 0 bridgehead atoms. The number of H-pyrrole nitrogens is 1. The van der Waals surface area contributed by atoms with E-state index in [2.05, 4.69) is 5.10 Å². The highest BCUT2D eigenvalue weighted by Crippen LogP contribution is 2.58. The molecule has 0 saturated heterocycles. The molecule has 2 heterocycles. The maximum Gasteiger partial charge on any atom is 0.411 e. The molecule has 1 N–H and O–H groups in total. The number of Topliss-reactive ketones (excluding diaryl/α,β-unsaturated/α-hetero) is 1. The number of nitrogens with one attached hydrogen (secondary N) is 1. The van der Waals surface area contributed by atoms with Crippen LogP contribution in [0, 0.1) is 12.3 Å². The maximum absolute atomic E-state index is 15.4. The van der Waals surface area contributed by atoms with Gasteiger partial charge in [-0.1, -0.05) is 55.8 Å². The van der Waals surface area contributed by atoms with Crippen LogP contribution in [0.4, 0.5) is 18.9 Å². The summed E-state index contributed by atoms with van der Waals surface area (Å²) in [6.45, 7) is 4.82. The first kappa shape index (κ1) is 25.1. The molecule has 0 fully saturated rings. The fourth-order valence-corrected chi connectivity index (χ4v) is 5.80. The number of halogens is 4. The Hall–Kier alpha value is -3.59. The molecule has 37 heavy (non-hydrogen) atoms. The van der Waals surface area contributed by atoms with Gasteiger partial charge in [0, 0.05) is 29.1 Å². The molecule has 5 rings (SSSR count). The lowest BCUT2D eigenvalue weighted by atomic mass is 9.66. The number of carbonyl (C=O) groups is 2. The van der Waals surface area contributed by atoms with Crippen molar-refractivity contribution in [2.24, 2.45) is 5.41 Å². The fraction of sp³-hybridized carbons (Fsp3) is 0.296. The van der Waals surface area contributed by atoms with E-state index in [1.165, 1.54) is 31.2 Å². The second kappa shape index (κ2) is 8.21. The maximum atomic E-state index is 15.4. The van der Waals surface area contributed by atoms with Gasteiger partial charge in [-0.05, 0) is 43.0 Å². The molecule has 1 aromatic heterocycles. The van der Waals surface area contributed by atoms with Gasteiger partial charge < -0.3 is 0 Å². The molecule has 1 amide bonds. The van der Waals surface area contributed by atoms with Crippen LogP contribution in [0.3, 0.4) is 0 Å². The van der Waals surface area contributed by atoms with Gasteiger partial charge in [-0.25, -0.2) is 4.68 Å². The Labute approximate surface area is 215 Å². The molecule has 192 valence electrons. The second-order valence-corrected chi connectivity index (χ2v) is 10.6. The standard InChI is InChI=1S/C27H23ClF3N3O3/c1-15-21(23(36)34(32-15)18-12-8-7-11-17(18)28)26(27(29,30)31)22-19(13-25(2,3)14-20(22)35)33(24(26)37)16-9-5-4-6-10-16/h4-12,32H,13-14H2,1-3H3. The van der Waals surface area contributed by atoms with Crippen molar-refractivity contribution in [1.82, 2.24) is 9.78 Å². The van der Waals surface area contributed by atoms with E-state index < -0.39 is 45.4 Å². The molecule has 10 heteroatoms. The molecule has 6 nitrogen and oxygen atoms in total. The zero-order valence-electron chi connectivity index (χ0n) is 20.2. The Balaban J connectivity index is 1.89. The molecule has 0 radical (unpaired) electrons. The summed E-state index contributed by atoms with van der Waals surface area (Å²) in [5.74, 6) is -2.20. The number of benzene rings is 2. The number of hydrogen-bond acceptors (Lipinski definition) is 3. The van der Waals surface area contributed by atoms with Crippen LogP contribution in [-0.2, 0) is 15.0 Å². The second-order valence-electron chi connectivity index (χ2n) is 10.2. The minimum absolute atomic E-state index is 0.0286. The number of para-hydroxylation sites is 2. The molecule has 1 unspecified atom stereocenters. The number of amides is 1. The summed E-state index contributed by atoms with van der Waals surface area (Å²) in [6, 6.07) is 14.0. The number of ketones is 1. The van der Waals surface area contributed by atoms with Gasteiger partial charge in [-0.15, -0.1) is 0 Å². The first-order valence-corrected chi connectivity index (χ1v) is 12.0. The van der Waals surface area contributed by atoms with Crippen LogP contribution in [-0.4, -0.2) is 27.6 Å². The van der Waals surface area contributed by atoms with Gasteiger partial charge in [0.05, 0.1) is 16.3 Å². The molecule has 0 saturated carbocycles. The van der Waals surface area contributed by atoms with Crippen LogP contribution in [0.25, 0.3) is 5.69 Å². The van der Waals surface area contributed by atoms with Gasteiger partial charge >= 0.3 is 6.18 Å². The summed E-state index contributed by atoms with van der Waals surface area (Å²) in [5.41, 5.74) is -6.67. The van der Waals surface area contributed by atoms with E-state index >= 15 is 13.2 Å². The Kier molecular flexibility index (Phi) is 5.56. The lowest BCUT2D eigenvalue weighted by Crippen LogP contribution is -2.55. The minimum Gasteiger partial charge on any atom is -0.295 e.